The standard InChI is InChI=1S/C56H113O2P.ClHO4/c1-4-7-10-13-16-19-22-25-28-31-34-37-40-43-46-49-52-59(55-56(57)58,53-50-47-44-41-38-35-32-29-26-23-20-17-14-11-8-5-2)54-51-48-45-42-39-36-33-30-27-24-21-18-15-12-9-6-3;2-1(3,4)5/h4-55H2,1-3H3;(H,2,3,4,5). The minimum atomic E-state index is -4.94. The summed E-state index contributed by atoms with van der Waals surface area (Å²) >= 11 is 0. The predicted molar refractivity (Wildman–Crippen MR) is 273 cm³/mol. The molecule has 8 heteroatoms. The molecule has 0 aromatic carbocycles. The summed E-state index contributed by atoms with van der Waals surface area (Å²) in [5, 5.41) is 10.2. The molecule has 0 atom stereocenters. The highest BCUT2D eigenvalue weighted by atomic mass is 35.7. The number of carbonyl (C=O) groups is 1. The van der Waals surface area contributed by atoms with Crippen LogP contribution in [-0.2, 0) is 4.79 Å². The minimum absolute atomic E-state index is 0.497. The molecule has 0 rings (SSSR count). The molecule has 0 saturated heterocycles. The average molecular weight is 950 g/mol. The maximum atomic E-state index is 12.4. The van der Waals surface area contributed by atoms with Gasteiger partial charge in [-0.3, -0.25) is 0 Å². The molecular formula is C56H114ClO6P. The lowest BCUT2D eigenvalue weighted by Crippen LogP contribution is -2.68. The Bertz CT molecular complexity index is 792. The summed E-state index contributed by atoms with van der Waals surface area (Å²) in [6, 6.07) is 0. The van der Waals surface area contributed by atoms with E-state index in [9.17, 15) is 9.90 Å². The Morgan fingerprint density at radius 3 is 0.547 bits per heavy atom. The number of hydrogen-bond donors (Lipinski definition) is 1. The summed E-state index contributed by atoms with van der Waals surface area (Å²) in [4.78, 5) is 12.4. The van der Waals surface area contributed by atoms with Gasteiger partial charge in [-0.05, 0) is 38.5 Å². The number of aliphatic carboxylic acids is 1. The number of halogens is 1. The van der Waals surface area contributed by atoms with Gasteiger partial charge in [0.25, 0.3) is 0 Å². The Hall–Kier alpha value is 0.0300. The Morgan fingerprint density at radius 2 is 0.422 bits per heavy atom. The van der Waals surface area contributed by atoms with E-state index in [2.05, 4.69) is 20.8 Å². The molecular weight excluding hydrogens is 835 g/mol. The second kappa shape index (κ2) is 54.0. The molecule has 386 valence electrons. The van der Waals surface area contributed by atoms with E-state index in [1.165, 1.54) is 327 Å². The molecule has 0 fully saturated rings. The summed E-state index contributed by atoms with van der Waals surface area (Å²) in [6.45, 7) is 6.92. The van der Waals surface area contributed by atoms with Gasteiger partial charge in [0.05, 0.1) is 18.5 Å². The molecule has 0 spiro atoms. The molecule has 0 radical (unpaired) electrons. The van der Waals surface area contributed by atoms with E-state index in [1.807, 2.05) is 0 Å². The van der Waals surface area contributed by atoms with Crippen molar-refractivity contribution < 1.29 is 38.8 Å². The van der Waals surface area contributed by atoms with E-state index in [-0.39, 0.29) is 0 Å². The lowest BCUT2D eigenvalue weighted by atomic mass is 10.0. The van der Waals surface area contributed by atoms with Crippen molar-refractivity contribution in [3.8, 4) is 0 Å². The third-order valence-corrected chi connectivity index (χ3v) is 18.7. The van der Waals surface area contributed by atoms with Gasteiger partial charge in [0, 0.05) is 7.26 Å². The van der Waals surface area contributed by atoms with Gasteiger partial charge in [0.15, 0.2) is 6.16 Å². The highest BCUT2D eigenvalue weighted by molar-refractivity contribution is 7.76. The average Bonchev–Trinajstić information content (AvgIpc) is 3.25. The highest BCUT2D eigenvalue weighted by Gasteiger charge is 2.38. The van der Waals surface area contributed by atoms with Crippen LogP contribution in [0.15, 0.2) is 0 Å². The van der Waals surface area contributed by atoms with Gasteiger partial charge in [-0.2, -0.15) is 0 Å². The molecule has 0 unspecified atom stereocenters. The normalized spacial score (nSPS) is 11.9. The molecule has 0 heterocycles. The van der Waals surface area contributed by atoms with Crippen molar-refractivity contribution in [2.45, 2.75) is 329 Å². The molecule has 0 aromatic rings. The van der Waals surface area contributed by atoms with E-state index in [0.717, 1.165) is 0 Å². The topological polar surface area (TPSA) is 130 Å². The molecule has 0 bridgehead atoms. The number of carboxylic acid groups (broad SMARTS) is 1. The zero-order valence-corrected chi connectivity index (χ0v) is 45.2. The molecule has 0 aliphatic rings. The Kier molecular flexibility index (Phi) is 55.8. The fourth-order valence-electron chi connectivity index (χ4n) is 9.85. The molecule has 0 aliphatic carbocycles. The highest BCUT2D eigenvalue weighted by Crippen LogP contribution is 2.60. The monoisotopic (exact) mass is 949 g/mol. The van der Waals surface area contributed by atoms with Crippen LogP contribution in [0.3, 0.4) is 0 Å². The number of carboxylic acids is 1. The predicted octanol–water partition coefficient (Wildman–Crippen LogP) is 16.1. The summed E-state index contributed by atoms with van der Waals surface area (Å²) in [6.07, 6.45) is 71.9. The van der Waals surface area contributed by atoms with Crippen LogP contribution < -0.4 is 18.6 Å². The third kappa shape index (κ3) is 60.0. The van der Waals surface area contributed by atoms with Crippen LogP contribution in [0.5, 0.6) is 0 Å². The molecule has 0 amide bonds. The number of unbranched alkanes of at least 4 members (excludes halogenated alkanes) is 45. The van der Waals surface area contributed by atoms with Gasteiger partial charge in [0.1, 0.15) is 0 Å². The first-order valence-electron chi connectivity index (χ1n) is 28.8. The van der Waals surface area contributed by atoms with E-state index < -0.39 is 23.5 Å². The molecule has 6 nitrogen and oxygen atoms in total. The van der Waals surface area contributed by atoms with Crippen molar-refractivity contribution >= 4 is 13.2 Å². The van der Waals surface area contributed by atoms with Crippen LogP contribution in [0.4, 0.5) is 0 Å². The Morgan fingerprint density at radius 1 is 0.297 bits per heavy atom. The lowest BCUT2D eigenvalue weighted by Gasteiger charge is -2.27. The third-order valence-electron chi connectivity index (χ3n) is 13.9. The van der Waals surface area contributed by atoms with Crippen molar-refractivity contribution in [3.63, 3.8) is 0 Å². The van der Waals surface area contributed by atoms with Gasteiger partial charge in [-0.15, -0.1) is 10.2 Å². The summed E-state index contributed by atoms with van der Waals surface area (Å²) in [7, 11) is -6.36. The first-order chi connectivity index (χ1) is 31.1. The maximum absolute atomic E-state index is 12.4. The van der Waals surface area contributed by atoms with E-state index in [0.29, 0.717) is 6.16 Å². The zero-order chi connectivity index (χ0) is 47.3. The first kappa shape index (κ1) is 66.1. The molecule has 64 heavy (non-hydrogen) atoms. The summed E-state index contributed by atoms with van der Waals surface area (Å²) in [5.41, 5.74) is 0. The van der Waals surface area contributed by atoms with Crippen molar-refractivity contribution in [1.82, 2.24) is 0 Å². The lowest BCUT2D eigenvalue weighted by molar-refractivity contribution is -2.00. The van der Waals surface area contributed by atoms with Crippen molar-refractivity contribution in [3.05, 3.63) is 0 Å². The van der Waals surface area contributed by atoms with Gasteiger partial charge in [0.2, 0.25) is 0 Å². The van der Waals surface area contributed by atoms with Gasteiger partial charge in [-0.25, -0.2) is 23.4 Å². The molecule has 1 N–H and O–H groups in total. The zero-order valence-electron chi connectivity index (χ0n) is 43.6. The van der Waals surface area contributed by atoms with Crippen LogP contribution in [0.1, 0.15) is 329 Å². The van der Waals surface area contributed by atoms with E-state index in [4.69, 9.17) is 18.6 Å². The Labute approximate surface area is 403 Å². The SMILES string of the molecule is CCCCCCCCCCCCCCCCCC[P+](CCCCCCCCCCCCCCCCCC)(CCCCCCCCCCCCCCCCCC)CC(=O)O.[O-][Cl+3]([O-])([O-])[O-]. The van der Waals surface area contributed by atoms with Crippen molar-refractivity contribution in [2.24, 2.45) is 0 Å². The first-order valence-corrected chi connectivity index (χ1v) is 32.5. The minimum Gasteiger partial charge on any atom is -0.479 e. The maximum Gasteiger partial charge on any atom is 0.341 e. The second-order valence-electron chi connectivity index (χ2n) is 20.4. The van der Waals surface area contributed by atoms with Crippen LogP contribution in [0, 0.1) is 10.2 Å². The summed E-state index contributed by atoms with van der Waals surface area (Å²) < 4.78 is 34.0. The summed E-state index contributed by atoms with van der Waals surface area (Å²) in [5.74, 6) is -0.497. The fraction of sp³-hybridized carbons (Fsp3) is 0.982. The molecule has 0 aliphatic heterocycles. The van der Waals surface area contributed by atoms with Crippen molar-refractivity contribution in [1.29, 1.82) is 0 Å². The Balaban J connectivity index is 0. The second-order valence-corrected chi connectivity index (χ2v) is 25.4. The van der Waals surface area contributed by atoms with Gasteiger partial charge >= 0.3 is 5.97 Å². The van der Waals surface area contributed by atoms with E-state index >= 15 is 0 Å². The number of hydrogen-bond acceptors (Lipinski definition) is 5. The van der Waals surface area contributed by atoms with Crippen LogP contribution in [0.2, 0.25) is 0 Å². The van der Waals surface area contributed by atoms with Crippen LogP contribution >= 0.6 is 7.26 Å². The molecule has 0 saturated carbocycles. The number of rotatable bonds is 53. The van der Waals surface area contributed by atoms with Gasteiger partial charge < -0.3 is 5.11 Å². The van der Waals surface area contributed by atoms with Gasteiger partial charge in [-0.1, -0.05) is 290 Å². The van der Waals surface area contributed by atoms with Crippen LogP contribution in [-0.4, -0.2) is 35.7 Å². The largest absolute Gasteiger partial charge is 0.479 e. The fourth-order valence-corrected chi connectivity index (χ4v) is 14.2. The smallest absolute Gasteiger partial charge is 0.341 e. The molecule has 0 aromatic heterocycles. The van der Waals surface area contributed by atoms with Crippen LogP contribution in [0.25, 0.3) is 0 Å². The quantitative estimate of drug-likeness (QED) is 0.0477. The van der Waals surface area contributed by atoms with Crippen molar-refractivity contribution in [2.75, 3.05) is 24.6 Å². The van der Waals surface area contributed by atoms with E-state index in [1.54, 1.807) is 0 Å².